The van der Waals surface area contributed by atoms with E-state index in [2.05, 4.69) is 47.1 Å². The molecule has 2 heterocycles. The summed E-state index contributed by atoms with van der Waals surface area (Å²) in [6, 6.07) is 8.68. The fourth-order valence-corrected chi connectivity index (χ4v) is 1.75. The third-order valence-electron chi connectivity index (χ3n) is 1.92. The smallest absolute Gasteiger partial charge is 0.275 e. The van der Waals surface area contributed by atoms with Gasteiger partial charge in [0.2, 0.25) is 0 Å². The highest BCUT2D eigenvalue weighted by Gasteiger charge is 2.07. The van der Waals surface area contributed by atoms with E-state index in [1.165, 1.54) is 0 Å². The number of nitrogens with zero attached hydrogens (tertiary/aromatic N) is 2. The van der Waals surface area contributed by atoms with Crippen molar-refractivity contribution in [2.24, 2.45) is 0 Å². The highest BCUT2D eigenvalue weighted by atomic mass is 79.9. The molecule has 1 amide bonds. The molecule has 0 spiro atoms. The Hall–Kier alpha value is -1.27. The van der Waals surface area contributed by atoms with Crippen LogP contribution in [0, 0.1) is 0 Å². The first kappa shape index (κ1) is 12.2. The van der Waals surface area contributed by atoms with E-state index in [-0.39, 0.29) is 5.91 Å². The Kier molecular flexibility index (Phi) is 3.86. The number of carbonyl (C=O) groups is 1. The Labute approximate surface area is 115 Å². The summed E-state index contributed by atoms with van der Waals surface area (Å²) in [6.45, 7) is 0. The second-order valence-corrected chi connectivity index (χ2v) is 4.89. The highest BCUT2D eigenvalue weighted by Crippen LogP contribution is 2.12. The van der Waals surface area contributed by atoms with Gasteiger partial charge in [-0.15, -0.1) is 0 Å². The molecule has 0 saturated carbocycles. The van der Waals surface area contributed by atoms with E-state index in [4.69, 9.17) is 0 Å². The van der Waals surface area contributed by atoms with Gasteiger partial charge in [-0.2, -0.15) is 0 Å². The summed E-state index contributed by atoms with van der Waals surface area (Å²) in [5.74, 6) is 0.192. The molecule has 0 aromatic carbocycles. The van der Waals surface area contributed by atoms with E-state index in [9.17, 15) is 4.79 Å². The first-order valence-electron chi connectivity index (χ1n) is 4.70. The monoisotopic (exact) mass is 355 g/mol. The van der Waals surface area contributed by atoms with Crippen molar-refractivity contribution in [1.82, 2.24) is 9.97 Å². The maximum absolute atomic E-state index is 11.8. The number of hydrogen-bond donors (Lipinski definition) is 1. The Morgan fingerprint density at radius 3 is 2.65 bits per heavy atom. The standard InChI is InChI=1S/C11H7Br2N3O/c12-7-4-5-8(14-6-7)11(17)16-10-3-1-2-9(13)15-10/h1-6H,(H,15,16,17). The predicted octanol–water partition coefficient (Wildman–Crippen LogP) is 3.25. The van der Waals surface area contributed by atoms with Gasteiger partial charge in [0.15, 0.2) is 0 Å². The summed E-state index contributed by atoms with van der Waals surface area (Å²) in [6.07, 6.45) is 1.57. The zero-order valence-electron chi connectivity index (χ0n) is 8.52. The fourth-order valence-electron chi connectivity index (χ4n) is 1.17. The Bertz CT molecular complexity index is 543. The lowest BCUT2D eigenvalue weighted by Gasteiger charge is -2.03. The lowest BCUT2D eigenvalue weighted by atomic mass is 10.3. The summed E-state index contributed by atoms with van der Waals surface area (Å²) in [4.78, 5) is 19.9. The number of amides is 1. The maximum Gasteiger partial charge on any atom is 0.275 e. The number of carbonyl (C=O) groups excluding carboxylic acids is 1. The summed E-state index contributed by atoms with van der Waals surface area (Å²) in [5, 5.41) is 2.66. The summed E-state index contributed by atoms with van der Waals surface area (Å²) in [5.41, 5.74) is 0.343. The van der Waals surface area contributed by atoms with Gasteiger partial charge in [-0.25, -0.2) is 9.97 Å². The number of halogens is 2. The van der Waals surface area contributed by atoms with Crippen molar-refractivity contribution >= 4 is 43.6 Å². The van der Waals surface area contributed by atoms with E-state index in [1.807, 2.05) is 0 Å². The normalized spacial score (nSPS) is 10.0. The number of anilines is 1. The van der Waals surface area contributed by atoms with Gasteiger partial charge >= 0.3 is 0 Å². The van der Waals surface area contributed by atoms with Gasteiger partial charge in [-0.1, -0.05) is 6.07 Å². The minimum absolute atomic E-state index is 0.289. The average Bonchev–Trinajstić information content (AvgIpc) is 2.29. The molecule has 0 radical (unpaired) electrons. The van der Waals surface area contributed by atoms with Gasteiger partial charge in [-0.3, -0.25) is 4.79 Å². The number of rotatable bonds is 2. The topological polar surface area (TPSA) is 54.9 Å². The van der Waals surface area contributed by atoms with Gasteiger partial charge in [0.1, 0.15) is 16.1 Å². The molecule has 0 aliphatic carbocycles. The molecular formula is C11H7Br2N3O. The van der Waals surface area contributed by atoms with Crippen LogP contribution in [0.4, 0.5) is 5.82 Å². The minimum Gasteiger partial charge on any atom is -0.305 e. The van der Waals surface area contributed by atoms with Crippen LogP contribution in [0.25, 0.3) is 0 Å². The van der Waals surface area contributed by atoms with Gasteiger partial charge in [-0.05, 0) is 56.1 Å². The van der Waals surface area contributed by atoms with Crippen LogP contribution in [0.15, 0.2) is 45.6 Å². The van der Waals surface area contributed by atoms with Crippen LogP contribution in [0.3, 0.4) is 0 Å². The van der Waals surface area contributed by atoms with E-state index in [0.29, 0.717) is 16.1 Å². The minimum atomic E-state index is -0.289. The molecule has 0 bridgehead atoms. The van der Waals surface area contributed by atoms with E-state index < -0.39 is 0 Å². The van der Waals surface area contributed by atoms with Gasteiger partial charge < -0.3 is 5.32 Å². The molecule has 0 fully saturated rings. The second-order valence-electron chi connectivity index (χ2n) is 3.16. The third kappa shape index (κ3) is 3.34. The van der Waals surface area contributed by atoms with Crippen molar-refractivity contribution in [2.75, 3.05) is 5.32 Å². The van der Waals surface area contributed by atoms with Gasteiger partial charge in [0, 0.05) is 10.7 Å². The quantitative estimate of drug-likeness (QED) is 0.840. The van der Waals surface area contributed by atoms with Gasteiger partial charge in [0.25, 0.3) is 5.91 Å². The average molecular weight is 357 g/mol. The number of hydrogen-bond acceptors (Lipinski definition) is 3. The summed E-state index contributed by atoms with van der Waals surface area (Å²) < 4.78 is 1.49. The van der Waals surface area contributed by atoms with Crippen LogP contribution in [0.1, 0.15) is 10.5 Å². The van der Waals surface area contributed by atoms with E-state index in [0.717, 1.165) is 4.47 Å². The van der Waals surface area contributed by atoms with Crippen LogP contribution in [0.5, 0.6) is 0 Å². The van der Waals surface area contributed by atoms with Crippen LogP contribution in [0.2, 0.25) is 0 Å². The lowest BCUT2D eigenvalue weighted by molar-refractivity contribution is 0.102. The van der Waals surface area contributed by atoms with Crippen molar-refractivity contribution in [2.45, 2.75) is 0 Å². The predicted molar refractivity (Wildman–Crippen MR) is 71.8 cm³/mol. The van der Waals surface area contributed by atoms with Crippen LogP contribution >= 0.6 is 31.9 Å². The summed E-state index contributed by atoms with van der Waals surface area (Å²) >= 11 is 6.49. The van der Waals surface area contributed by atoms with Crippen LogP contribution in [-0.2, 0) is 0 Å². The third-order valence-corrected chi connectivity index (χ3v) is 2.83. The molecule has 0 saturated heterocycles. The van der Waals surface area contributed by atoms with Crippen molar-refractivity contribution in [3.8, 4) is 0 Å². The molecule has 86 valence electrons. The molecule has 1 N–H and O–H groups in total. The molecule has 0 atom stereocenters. The molecule has 17 heavy (non-hydrogen) atoms. The molecule has 0 aliphatic heterocycles. The zero-order chi connectivity index (χ0) is 12.3. The Morgan fingerprint density at radius 1 is 1.18 bits per heavy atom. The molecule has 0 aliphatic rings. The van der Waals surface area contributed by atoms with Gasteiger partial charge in [0.05, 0.1) is 0 Å². The number of pyridine rings is 2. The largest absolute Gasteiger partial charge is 0.305 e. The highest BCUT2D eigenvalue weighted by molar-refractivity contribution is 9.10. The first-order valence-corrected chi connectivity index (χ1v) is 6.29. The van der Waals surface area contributed by atoms with E-state index in [1.54, 1.807) is 36.5 Å². The van der Waals surface area contributed by atoms with Crippen molar-refractivity contribution < 1.29 is 4.79 Å². The number of nitrogens with one attached hydrogen (secondary N) is 1. The summed E-state index contributed by atoms with van der Waals surface area (Å²) in [7, 11) is 0. The molecule has 4 nitrogen and oxygen atoms in total. The van der Waals surface area contributed by atoms with Crippen molar-refractivity contribution in [1.29, 1.82) is 0 Å². The van der Waals surface area contributed by atoms with Crippen LogP contribution < -0.4 is 5.32 Å². The molecular weight excluding hydrogens is 350 g/mol. The fraction of sp³-hybridized carbons (Fsp3) is 0. The van der Waals surface area contributed by atoms with Crippen molar-refractivity contribution in [3.63, 3.8) is 0 Å². The molecule has 2 aromatic heterocycles. The van der Waals surface area contributed by atoms with Crippen molar-refractivity contribution in [3.05, 3.63) is 51.3 Å². The molecule has 2 rings (SSSR count). The maximum atomic E-state index is 11.8. The molecule has 2 aromatic rings. The Morgan fingerprint density at radius 2 is 2.00 bits per heavy atom. The second kappa shape index (κ2) is 5.37. The zero-order valence-corrected chi connectivity index (χ0v) is 11.7. The van der Waals surface area contributed by atoms with E-state index >= 15 is 0 Å². The first-order chi connectivity index (χ1) is 8.15. The SMILES string of the molecule is O=C(Nc1cccc(Br)n1)c1ccc(Br)cn1. The Balaban J connectivity index is 2.14. The number of aromatic nitrogens is 2. The van der Waals surface area contributed by atoms with Crippen LogP contribution in [-0.4, -0.2) is 15.9 Å². The lowest BCUT2D eigenvalue weighted by Crippen LogP contribution is -2.14. The molecule has 0 unspecified atom stereocenters. The molecule has 6 heteroatoms.